The maximum absolute atomic E-state index is 12.8. The van der Waals surface area contributed by atoms with Gasteiger partial charge in [0, 0.05) is 37.8 Å². The van der Waals surface area contributed by atoms with E-state index in [2.05, 4.69) is 14.9 Å². The van der Waals surface area contributed by atoms with Crippen LogP contribution in [0.2, 0.25) is 0 Å². The van der Waals surface area contributed by atoms with E-state index in [0.29, 0.717) is 38.2 Å². The summed E-state index contributed by atoms with van der Waals surface area (Å²) in [5, 5.41) is 0. The molecule has 11 heteroatoms. The van der Waals surface area contributed by atoms with E-state index in [9.17, 15) is 26.4 Å². The number of hydrogen-bond acceptors (Lipinski definition) is 5. The number of aromatic amines is 1. The van der Waals surface area contributed by atoms with E-state index in [1.165, 1.54) is 18.2 Å². The lowest BCUT2D eigenvalue weighted by atomic mass is 10.1. The third-order valence-corrected chi connectivity index (χ3v) is 7.07. The molecule has 2 aliphatic rings. The van der Waals surface area contributed by atoms with Crippen LogP contribution in [-0.2, 0) is 16.0 Å². The summed E-state index contributed by atoms with van der Waals surface area (Å²) < 4.78 is 61.6. The summed E-state index contributed by atoms with van der Waals surface area (Å²) in [4.78, 5) is 22.2. The Labute approximate surface area is 159 Å². The number of benzene rings is 1. The lowest BCUT2D eigenvalue weighted by molar-refractivity contribution is -0.144. The number of halogens is 3. The van der Waals surface area contributed by atoms with E-state index in [0.717, 1.165) is 0 Å². The number of nitrogens with one attached hydrogen (secondary N) is 1. The molecule has 0 saturated carbocycles. The molecule has 152 valence electrons. The smallest absolute Gasteiger partial charge is 0.336 e. The highest BCUT2D eigenvalue weighted by atomic mass is 32.2. The predicted molar refractivity (Wildman–Crippen MR) is 95.6 cm³/mol. The summed E-state index contributed by atoms with van der Waals surface area (Å²) in [5.74, 6) is -0.976. The molecule has 28 heavy (non-hydrogen) atoms. The van der Waals surface area contributed by atoms with Gasteiger partial charge in [0.2, 0.25) is 5.82 Å². The minimum Gasteiger partial charge on any atom is -0.336 e. The first-order chi connectivity index (χ1) is 13.1. The van der Waals surface area contributed by atoms with Gasteiger partial charge in [-0.25, -0.2) is 13.4 Å². The van der Waals surface area contributed by atoms with Crippen LogP contribution in [0.25, 0.3) is 11.0 Å². The number of carbonyl (C=O) groups is 1. The summed E-state index contributed by atoms with van der Waals surface area (Å²) in [5.41, 5.74) is 0.603. The molecule has 3 heterocycles. The molecule has 1 aromatic heterocycles. The van der Waals surface area contributed by atoms with Crippen LogP contribution in [0.3, 0.4) is 0 Å². The van der Waals surface area contributed by atoms with Gasteiger partial charge in [0.1, 0.15) is 0 Å². The number of aromatic nitrogens is 2. The molecule has 2 aromatic rings. The Kier molecular flexibility index (Phi) is 4.61. The van der Waals surface area contributed by atoms with Crippen molar-refractivity contribution in [1.29, 1.82) is 0 Å². The minimum atomic E-state index is -4.58. The van der Waals surface area contributed by atoms with Gasteiger partial charge in [-0.15, -0.1) is 0 Å². The molecule has 0 spiro atoms. The average molecular weight is 416 g/mol. The Balaban J connectivity index is 1.44. The standard InChI is InChI=1S/C17H19F3N4O3S/c18-17(19,20)16-21-13-2-1-11(9-14(13)22-16)15(25)24-6-4-23(5-7-24)12-3-8-28(26,27)10-12/h1-2,9,12H,3-8,10H2,(H,21,22)/t12-/m0/s1. The van der Waals surface area contributed by atoms with E-state index in [1.54, 1.807) is 4.90 Å². The van der Waals surface area contributed by atoms with Gasteiger partial charge in [-0.2, -0.15) is 13.2 Å². The summed E-state index contributed by atoms with van der Waals surface area (Å²) in [7, 11) is -2.96. The molecule has 0 radical (unpaired) electrons. The number of sulfone groups is 1. The fraction of sp³-hybridized carbons (Fsp3) is 0.529. The number of H-pyrrole nitrogens is 1. The average Bonchev–Trinajstić information content (AvgIpc) is 3.23. The van der Waals surface area contributed by atoms with Gasteiger partial charge in [-0.1, -0.05) is 0 Å². The third kappa shape index (κ3) is 3.72. The first-order valence-corrected chi connectivity index (χ1v) is 10.8. The van der Waals surface area contributed by atoms with Gasteiger partial charge < -0.3 is 9.88 Å². The second kappa shape index (κ2) is 6.73. The van der Waals surface area contributed by atoms with Crippen LogP contribution < -0.4 is 0 Å². The summed E-state index contributed by atoms with van der Waals surface area (Å²) in [6.45, 7) is 2.06. The van der Waals surface area contributed by atoms with E-state index in [-0.39, 0.29) is 34.5 Å². The Morgan fingerprint density at radius 2 is 1.89 bits per heavy atom. The van der Waals surface area contributed by atoms with Crippen LogP contribution >= 0.6 is 0 Å². The number of nitrogens with zero attached hydrogens (tertiary/aromatic N) is 3. The molecule has 0 aliphatic carbocycles. The van der Waals surface area contributed by atoms with Crippen LogP contribution in [0, 0.1) is 0 Å². The van der Waals surface area contributed by atoms with Crippen LogP contribution in [0.15, 0.2) is 18.2 Å². The maximum Gasteiger partial charge on any atom is 0.449 e. The molecule has 4 rings (SSSR count). The fourth-order valence-electron chi connectivity index (χ4n) is 3.81. The van der Waals surface area contributed by atoms with Gasteiger partial charge in [0.05, 0.1) is 22.5 Å². The van der Waals surface area contributed by atoms with Gasteiger partial charge >= 0.3 is 6.18 Å². The zero-order chi connectivity index (χ0) is 20.1. The summed E-state index contributed by atoms with van der Waals surface area (Å²) in [6.07, 6.45) is -3.96. The largest absolute Gasteiger partial charge is 0.449 e. The Hall–Kier alpha value is -2.14. The zero-order valence-electron chi connectivity index (χ0n) is 14.9. The molecular weight excluding hydrogens is 397 g/mol. The van der Waals surface area contributed by atoms with Crippen LogP contribution in [0.5, 0.6) is 0 Å². The molecule has 7 nitrogen and oxygen atoms in total. The second-order valence-electron chi connectivity index (χ2n) is 7.20. The van der Waals surface area contributed by atoms with Gasteiger partial charge in [0.25, 0.3) is 5.91 Å². The van der Waals surface area contributed by atoms with Crippen molar-refractivity contribution in [3.05, 3.63) is 29.6 Å². The first-order valence-electron chi connectivity index (χ1n) is 8.93. The molecule has 2 fully saturated rings. The monoisotopic (exact) mass is 416 g/mol. The zero-order valence-corrected chi connectivity index (χ0v) is 15.7. The fourth-order valence-corrected chi connectivity index (χ4v) is 5.57. The highest BCUT2D eigenvalue weighted by molar-refractivity contribution is 7.91. The molecule has 1 atom stereocenters. The van der Waals surface area contributed by atoms with Crippen LogP contribution in [0.1, 0.15) is 22.6 Å². The molecule has 2 aliphatic heterocycles. The Morgan fingerprint density at radius 3 is 2.50 bits per heavy atom. The molecule has 1 N–H and O–H groups in total. The number of piperazine rings is 1. The Bertz CT molecular complexity index is 1010. The quantitative estimate of drug-likeness (QED) is 0.803. The molecule has 2 saturated heterocycles. The number of amides is 1. The summed E-state index contributed by atoms with van der Waals surface area (Å²) in [6, 6.07) is 4.26. The lowest BCUT2D eigenvalue weighted by Gasteiger charge is -2.37. The second-order valence-corrected chi connectivity index (χ2v) is 9.43. The number of carbonyl (C=O) groups excluding carboxylic acids is 1. The highest BCUT2D eigenvalue weighted by Crippen LogP contribution is 2.29. The molecule has 0 unspecified atom stereocenters. The molecule has 1 amide bonds. The van der Waals surface area contributed by atoms with E-state index in [1.807, 2.05) is 0 Å². The lowest BCUT2D eigenvalue weighted by Crippen LogP contribution is -2.52. The molecule has 0 bridgehead atoms. The SMILES string of the molecule is O=C(c1ccc2nc(C(F)(F)F)[nH]c2c1)N1CCN([C@H]2CCS(=O)(=O)C2)CC1. The number of imidazole rings is 1. The van der Waals surface area contributed by atoms with Crippen LogP contribution in [-0.4, -0.2) is 77.8 Å². The predicted octanol–water partition coefficient (Wildman–Crippen LogP) is 1.53. The van der Waals surface area contributed by atoms with Crippen molar-refractivity contribution in [3.8, 4) is 0 Å². The van der Waals surface area contributed by atoms with E-state index < -0.39 is 21.8 Å². The normalized spacial score (nSPS) is 23.4. The minimum absolute atomic E-state index is 0.00406. The van der Waals surface area contributed by atoms with Crippen molar-refractivity contribution < 1.29 is 26.4 Å². The number of alkyl halides is 3. The van der Waals surface area contributed by atoms with Crippen molar-refractivity contribution in [2.45, 2.75) is 18.6 Å². The molecule has 1 aromatic carbocycles. The van der Waals surface area contributed by atoms with Crippen molar-refractivity contribution >= 4 is 26.8 Å². The summed E-state index contributed by atoms with van der Waals surface area (Å²) >= 11 is 0. The van der Waals surface area contributed by atoms with Gasteiger partial charge in [-0.3, -0.25) is 9.69 Å². The first kappa shape index (κ1) is 19.2. The van der Waals surface area contributed by atoms with Crippen molar-refractivity contribution in [3.63, 3.8) is 0 Å². The van der Waals surface area contributed by atoms with Crippen molar-refractivity contribution in [2.24, 2.45) is 0 Å². The molecular formula is C17H19F3N4O3S. The Morgan fingerprint density at radius 1 is 1.18 bits per heavy atom. The van der Waals surface area contributed by atoms with Gasteiger partial charge in [-0.05, 0) is 24.6 Å². The third-order valence-electron chi connectivity index (χ3n) is 5.32. The van der Waals surface area contributed by atoms with E-state index in [4.69, 9.17) is 0 Å². The number of rotatable bonds is 2. The van der Waals surface area contributed by atoms with Crippen molar-refractivity contribution in [1.82, 2.24) is 19.8 Å². The van der Waals surface area contributed by atoms with Gasteiger partial charge in [0.15, 0.2) is 9.84 Å². The topological polar surface area (TPSA) is 86.4 Å². The number of hydrogen-bond donors (Lipinski definition) is 1. The number of fused-ring (bicyclic) bond motifs is 1. The van der Waals surface area contributed by atoms with Crippen molar-refractivity contribution in [2.75, 3.05) is 37.7 Å². The maximum atomic E-state index is 12.8. The highest BCUT2D eigenvalue weighted by Gasteiger charge is 2.36. The van der Waals surface area contributed by atoms with E-state index >= 15 is 0 Å². The van der Waals surface area contributed by atoms with Crippen LogP contribution in [0.4, 0.5) is 13.2 Å².